The molecule has 1 amide bonds. The van der Waals surface area contributed by atoms with Crippen LogP contribution in [0.25, 0.3) is 5.76 Å². The smallest absolute Gasteiger partial charge is 0.296 e. The Morgan fingerprint density at radius 3 is 2.41 bits per heavy atom. The van der Waals surface area contributed by atoms with Crippen molar-refractivity contribution >= 4 is 17.4 Å². The monoisotopic (exact) mass is 456 g/mol. The summed E-state index contributed by atoms with van der Waals surface area (Å²) >= 11 is 0. The van der Waals surface area contributed by atoms with Gasteiger partial charge < -0.3 is 14.7 Å². The van der Waals surface area contributed by atoms with Crippen LogP contribution in [0.3, 0.4) is 0 Å². The highest BCUT2D eigenvalue weighted by molar-refractivity contribution is 6.46. The average Bonchev–Trinajstić information content (AvgIpc) is 3.09. The topological polar surface area (TPSA) is 79.7 Å². The SMILES string of the molecule is COc1ccc(/C(O)=C2/C(=O)C(=O)N(Cc3ccccn3)C2c2ccc(C(C)C)cc2)cc1C. The summed E-state index contributed by atoms with van der Waals surface area (Å²) in [7, 11) is 1.58. The highest BCUT2D eigenvalue weighted by atomic mass is 16.5. The summed E-state index contributed by atoms with van der Waals surface area (Å²) in [6.07, 6.45) is 1.65. The van der Waals surface area contributed by atoms with E-state index in [1.54, 1.807) is 37.6 Å². The Hall–Kier alpha value is -3.93. The minimum Gasteiger partial charge on any atom is -0.507 e. The van der Waals surface area contributed by atoms with E-state index < -0.39 is 17.7 Å². The minimum atomic E-state index is -0.731. The number of hydrogen-bond acceptors (Lipinski definition) is 5. The lowest BCUT2D eigenvalue weighted by molar-refractivity contribution is -0.140. The number of likely N-dealkylation sites (tertiary alicyclic amines) is 1. The molecule has 174 valence electrons. The fraction of sp³-hybridized carbons (Fsp3) is 0.250. The van der Waals surface area contributed by atoms with Crippen LogP contribution >= 0.6 is 0 Å². The number of hydrogen-bond donors (Lipinski definition) is 1. The van der Waals surface area contributed by atoms with Crippen LogP contribution in [0.5, 0.6) is 5.75 Å². The van der Waals surface area contributed by atoms with Gasteiger partial charge in [-0.15, -0.1) is 0 Å². The summed E-state index contributed by atoms with van der Waals surface area (Å²) in [6.45, 7) is 6.22. The molecular weight excluding hydrogens is 428 g/mol. The number of Topliss-reactive ketones (excluding diaryl/α,β-unsaturated/α-hetero) is 1. The third kappa shape index (κ3) is 4.31. The van der Waals surface area contributed by atoms with E-state index in [0.29, 0.717) is 22.9 Å². The summed E-state index contributed by atoms with van der Waals surface area (Å²) in [4.78, 5) is 32.2. The fourth-order valence-corrected chi connectivity index (χ4v) is 4.30. The molecule has 3 aromatic rings. The quantitative estimate of drug-likeness (QED) is 0.315. The second-order valence-electron chi connectivity index (χ2n) is 8.75. The molecule has 1 atom stereocenters. The van der Waals surface area contributed by atoms with Crippen LogP contribution in [0.15, 0.2) is 72.4 Å². The Balaban J connectivity index is 1.85. The molecule has 1 aromatic heterocycles. The van der Waals surface area contributed by atoms with Crippen molar-refractivity contribution < 1.29 is 19.4 Å². The molecule has 0 spiro atoms. The number of amides is 1. The summed E-state index contributed by atoms with van der Waals surface area (Å²) in [5, 5.41) is 11.3. The second-order valence-corrected chi connectivity index (χ2v) is 8.75. The third-order valence-electron chi connectivity index (χ3n) is 6.19. The standard InChI is InChI=1S/C28H28N2O4/c1-17(2)19-8-10-20(11-9-19)25-24(26(31)21-12-13-23(34-4)18(3)15-21)27(32)28(33)30(25)16-22-7-5-6-14-29-22/h5-15,17,25,31H,16H2,1-4H3/b26-24-. The summed E-state index contributed by atoms with van der Waals surface area (Å²) in [5.41, 5.74) is 3.91. The van der Waals surface area contributed by atoms with Crippen molar-refractivity contribution in [2.24, 2.45) is 0 Å². The van der Waals surface area contributed by atoms with Crippen molar-refractivity contribution in [3.8, 4) is 5.75 Å². The molecule has 4 rings (SSSR count). The van der Waals surface area contributed by atoms with Crippen LogP contribution < -0.4 is 4.74 Å². The largest absolute Gasteiger partial charge is 0.507 e. The minimum absolute atomic E-state index is 0.0720. The first-order valence-corrected chi connectivity index (χ1v) is 11.2. The predicted molar refractivity (Wildman–Crippen MR) is 130 cm³/mol. The lowest BCUT2D eigenvalue weighted by Gasteiger charge is -2.25. The molecule has 1 unspecified atom stereocenters. The van der Waals surface area contributed by atoms with Crippen LogP contribution in [-0.2, 0) is 16.1 Å². The number of carbonyl (C=O) groups excluding carboxylic acids is 2. The molecule has 1 saturated heterocycles. The van der Waals surface area contributed by atoms with Gasteiger partial charge in [-0.25, -0.2) is 0 Å². The van der Waals surface area contributed by atoms with Crippen molar-refractivity contribution in [3.05, 3.63) is 100 Å². The van der Waals surface area contributed by atoms with E-state index in [0.717, 1.165) is 16.7 Å². The number of ketones is 1. The molecule has 6 heteroatoms. The van der Waals surface area contributed by atoms with Gasteiger partial charge in [-0.2, -0.15) is 0 Å². The van der Waals surface area contributed by atoms with Crippen molar-refractivity contribution in [3.63, 3.8) is 0 Å². The van der Waals surface area contributed by atoms with E-state index >= 15 is 0 Å². The van der Waals surface area contributed by atoms with E-state index in [1.807, 2.05) is 43.3 Å². The number of benzene rings is 2. The number of aliphatic hydroxyl groups excluding tert-OH is 1. The number of methoxy groups -OCH3 is 1. The van der Waals surface area contributed by atoms with Gasteiger partial charge >= 0.3 is 0 Å². The van der Waals surface area contributed by atoms with Gasteiger partial charge in [0.1, 0.15) is 11.5 Å². The number of carbonyl (C=O) groups is 2. The van der Waals surface area contributed by atoms with E-state index in [2.05, 4.69) is 18.8 Å². The number of ether oxygens (including phenoxy) is 1. The summed E-state index contributed by atoms with van der Waals surface area (Å²) < 4.78 is 5.31. The number of aromatic nitrogens is 1. The van der Waals surface area contributed by atoms with Crippen molar-refractivity contribution in [1.82, 2.24) is 9.88 Å². The maximum atomic E-state index is 13.2. The Morgan fingerprint density at radius 2 is 1.82 bits per heavy atom. The van der Waals surface area contributed by atoms with E-state index in [4.69, 9.17) is 4.74 Å². The number of rotatable bonds is 6. The molecule has 0 saturated carbocycles. The zero-order chi connectivity index (χ0) is 24.4. The maximum Gasteiger partial charge on any atom is 0.296 e. The number of pyridine rings is 1. The van der Waals surface area contributed by atoms with Gasteiger partial charge in [-0.05, 0) is 59.9 Å². The fourth-order valence-electron chi connectivity index (χ4n) is 4.30. The molecule has 0 radical (unpaired) electrons. The predicted octanol–water partition coefficient (Wildman–Crippen LogP) is 5.14. The zero-order valence-electron chi connectivity index (χ0n) is 19.8. The van der Waals surface area contributed by atoms with E-state index in [9.17, 15) is 14.7 Å². The van der Waals surface area contributed by atoms with Crippen LogP contribution in [0, 0.1) is 6.92 Å². The maximum absolute atomic E-state index is 13.2. The number of aliphatic hydroxyl groups is 1. The van der Waals surface area contributed by atoms with Crippen molar-refractivity contribution in [2.45, 2.75) is 39.3 Å². The van der Waals surface area contributed by atoms with E-state index in [-0.39, 0.29) is 17.9 Å². The van der Waals surface area contributed by atoms with Gasteiger partial charge in [0.05, 0.1) is 31.0 Å². The molecule has 1 fully saturated rings. The number of nitrogens with zero attached hydrogens (tertiary/aromatic N) is 2. The van der Waals surface area contributed by atoms with Gasteiger partial charge in [0.15, 0.2) is 0 Å². The zero-order valence-corrected chi connectivity index (χ0v) is 19.8. The highest BCUT2D eigenvalue weighted by Gasteiger charge is 2.46. The molecule has 6 nitrogen and oxygen atoms in total. The van der Waals surface area contributed by atoms with Crippen LogP contribution in [0.4, 0.5) is 0 Å². The van der Waals surface area contributed by atoms with Gasteiger partial charge in [0.25, 0.3) is 11.7 Å². The molecule has 0 aliphatic carbocycles. The first kappa shape index (κ1) is 23.2. The van der Waals surface area contributed by atoms with Crippen LogP contribution in [0.2, 0.25) is 0 Å². The first-order chi connectivity index (χ1) is 16.3. The molecule has 0 bridgehead atoms. The normalized spacial score (nSPS) is 17.4. The second kappa shape index (κ2) is 9.51. The van der Waals surface area contributed by atoms with Crippen LogP contribution in [0.1, 0.15) is 53.8 Å². The average molecular weight is 457 g/mol. The molecule has 1 aliphatic rings. The number of aryl methyl sites for hydroxylation is 1. The van der Waals surface area contributed by atoms with Gasteiger partial charge in [0, 0.05) is 11.8 Å². The Labute approximate surface area is 199 Å². The first-order valence-electron chi connectivity index (χ1n) is 11.2. The summed E-state index contributed by atoms with van der Waals surface area (Å²) in [6, 6.07) is 17.7. The molecular formula is C28H28N2O4. The van der Waals surface area contributed by atoms with Gasteiger partial charge in [0.2, 0.25) is 0 Å². The van der Waals surface area contributed by atoms with Gasteiger partial charge in [-0.3, -0.25) is 14.6 Å². The Bertz CT molecular complexity index is 1250. The van der Waals surface area contributed by atoms with E-state index in [1.165, 1.54) is 4.90 Å². The van der Waals surface area contributed by atoms with Crippen molar-refractivity contribution in [1.29, 1.82) is 0 Å². The lowest BCUT2D eigenvalue weighted by atomic mass is 9.93. The molecule has 2 aromatic carbocycles. The van der Waals surface area contributed by atoms with Gasteiger partial charge in [-0.1, -0.05) is 44.2 Å². The molecule has 1 aliphatic heterocycles. The third-order valence-corrected chi connectivity index (χ3v) is 6.19. The van der Waals surface area contributed by atoms with Crippen LogP contribution in [-0.4, -0.2) is 33.8 Å². The summed E-state index contributed by atoms with van der Waals surface area (Å²) in [5.74, 6) is -0.551. The highest BCUT2D eigenvalue weighted by Crippen LogP contribution is 2.40. The molecule has 2 heterocycles. The molecule has 34 heavy (non-hydrogen) atoms. The molecule has 1 N–H and O–H groups in total. The Morgan fingerprint density at radius 1 is 1.09 bits per heavy atom. The lowest BCUT2D eigenvalue weighted by Crippen LogP contribution is -2.29. The Kier molecular flexibility index (Phi) is 6.50. The van der Waals surface area contributed by atoms with Crippen molar-refractivity contribution in [2.75, 3.05) is 7.11 Å².